The molecule has 1 aromatic rings. The summed E-state index contributed by atoms with van der Waals surface area (Å²) in [4.78, 5) is 0. The number of ether oxygens (including phenoxy) is 1. The summed E-state index contributed by atoms with van der Waals surface area (Å²) in [6, 6.07) is 5.49. The molecule has 1 nitrogen and oxygen atoms in total. The zero-order valence-electron chi connectivity index (χ0n) is 4.97. The van der Waals surface area contributed by atoms with Crippen molar-refractivity contribution in [1.82, 2.24) is 0 Å². The Morgan fingerprint density at radius 1 is 1.40 bits per heavy atom. The molecule has 10 heavy (non-hydrogen) atoms. The van der Waals surface area contributed by atoms with Gasteiger partial charge in [-0.3, -0.25) is 0 Å². The summed E-state index contributed by atoms with van der Waals surface area (Å²) >= 11 is 11.5. The molecule has 1 aliphatic heterocycles. The van der Waals surface area contributed by atoms with Gasteiger partial charge in [0.15, 0.2) is 0 Å². The van der Waals surface area contributed by atoms with E-state index in [4.69, 9.17) is 27.9 Å². The Hall–Kier alpha value is -0.400. The third kappa shape index (κ3) is 0.710. The zero-order valence-corrected chi connectivity index (χ0v) is 6.49. The maximum atomic E-state index is 5.80. The van der Waals surface area contributed by atoms with Gasteiger partial charge in [0, 0.05) is 0 Å². The van der Waals surface area contributed by atoms with Crippen molar-refractivity contribution in [3.8, 4) is 5.75 Å². The number of alkyl halides is 1. The molecule has 1 heterocycles. The van der Waals surface area contributed by atoms with Crippen LogP contribution in [-0.2, 0) is 0 Å². The van der Waals surface area contributed by atoms with Gasteiger partial charge < -0.3 is 4.74 Å². The Balaban J connectivity index is 2.58. The minimum atomic E-state index is -0.344. The van der Waals surface area contributed by atoms with Gasteiger partial charge in [-0.05, 0) is 12.1 Å². The number of hydrogen-bond donors (Lipinski definition) is 0. The van der Waals surface area contributed by atoms with Gasteiger partial charge in [-0.15, -0.1) is 0 Å². The second-order valence-electron chi connectivity index (χ2n) is 2.09. The number of halogens is 2. The molecule has 0 aliphatic carbocycles. The van der Waals surface area contributed by atoms with E-state index in [0.717, 1.165) is 11.3 Å². The Morgan fingerprint density at radius 3 is 2.70 bits per heavy atom. The second-order valence-corrected chi connectivity index (χ2v) is 2.89. The first kappa shape index (κ1) is 6.32. The lowest BCUT2D eigenvalue weighted by molar-refractivity contribution is 0.225. The van der Waals surface area contributed by atoms with E-state index < -0.39 is 0 Å². The summed E-state index contributed by atoms with van der Waals surface area (Å²) in [5.74, 6) is 0.799. The minimum absolute atomic E-state index is 0.344. The van der Waals surface area contributed by atoms with Crippen LogP contribution in [0.2, 0.25) is 5.02 Å². The fourth-order valence-corrected chi connectivity index (χ4v) is 1.59. The van der Waals surface area contributed by atoms with Crippen LogP contribution >= 0.6 is 23.2 Å². The third-order valence-corrected chi connectivity index (χ3v) is 2.11. The quantitative estimate of drug-likeness (QED) is 0.550. The van der Waals surface area contributed by atoms with Crippen molar-refractivity contribution < 1.29 is 4.74 Å². The molecule has 0 aromatic heterocycles. The third-order valence-electron chi connectivity index (χ3n) is 1.47. The highest BCUT2D eigenvalue weighted by atomic mass is 35.5. The first-order valence-corrected chi connectivity index (χ1v) is 3.69. The van der Waals surface area contributed by atoms with Crippen LogP contribution in [0.1, 0.15) is 11.1 Å². The van der Waals surface area contributed by atoms with Gasteiger partial charge in [-0.2, -0.15) is 0 Å². The van der Waals surface area contributed by atoms with Crippen molar-refractivity contribution in [2.24, 2.45) is 0 Å². The van der Waals surface area contributed by atoms with Gasteiger partial charge in [-0.1, -0.05) is 29.3 Å². The van der Waals surface area contributed by atoms with E-state index in [1.165, 1.54) is 0 Å². The van der Waals surface area contributed by atoms with Crippen LogP contribution in [-0.4, -0.2) is 0 Å². The molecule has 1 atom stereocenters. The molecule has 1 aliphatic rings. The molecule has 1 unspecified atom stereocenters. The van der Waals surface area contributed by atoms with E-state index in [1.807, 2.05) is 12.1 Å². The van der Waals surface area contributed by atoms with Crippen molar-refractivity contribution in [3.05, 3.63) is 28.8 Å². The molecular formula is C7H4Cl2O. The molecule has 1 aromatic carbocycles. The van der Waals surface area contributed by atoms with Crippen molar-refractivity contribution >= 4 is 23.2 Å². The fraction of sp³-hybridized carbons (Fsp3) is 0.143. The van der Waals surface area contributed by atoms with Crippen molar-refractivity contribution in [3.63, 3.8) is 0 Å². The lowest BCUT2D eigenvalue weighted by Gasteiger charge is -2.26. The van der Waals surface area contributed by atoms with Crippen LogP contribution in [0, 0.1) is 0 Å². The number of benzene rings is 1. The zero-order chi connectivity index (χ0) is 7.14. The molecule has 0 saturated carbocycles. The smallest absolute Gasteiger partial charge is 0.202 e. The summed E-state index contributed by atoms with van der Waals surface area (Å²) in [6.07, 6.45) is 0. The molecule has 0 N–H and O–H groups in total. The maximum absolute atomic E-state index is 5.80. The molecular weight excluding hydrogens is 171 g/mol. The van der Waals surface area contributed by atoms with Crippen molar-refractivity contribution in [2.75, 3.05) is 0 Å². The van der Waals surface area contributed by atoms with Gasteiger partial charge in [0.1, 0.15) is 5.75 Å². The highest BCUT2D eigenvalue weighted by Gasteiger charge is 2.27. The number of fused-ring (bicyclic) bond motifs is 1. The summed E-state index contributed by atoms with van der Waals surface area (Å²) in [5.41, 5.74) is 0.564. The van der Waals surface area contributed by atoms with E-state index in [0.29, 0.717) is 5.02 Å². The van der Waals surface area contributed by atoms with E-state index in [9.17, 15) is 0 Å². The summed E-state index contributed by atoms with van der Waals surface area (Å²) in [5, 5.41) is 0.684. The standard InChI is InChI=1S/C7H4Cl2O/c8-4-2-1-3-5-6(4)7(9)10-5/h1-3,7H. The van der Waals surface area contributed by atoms with Crippen molar-refractivity contribution in [1.29, 1.82) is 0 Å². The monoisotopic (exact) mass is 174 g/mol. The lowest BCUT2D eigenvalue weighted by Crippen LogP contribution is -2.13. The molecule has 0 bridgehead atoms. The predicted molar refractivity (Wildman–Crippen MR) is 40.7 cm³/mol. The van der Waals surface area contributed by atoms with Gasteiger partial charge in [0.25, 0.3) is 0 Å². The van der Waals surface area contributed by atoms with E-state index >= 15 is 0 Å². The fourth-order valence-electron chi connectivity index (χ4n) is 0.953. The molecule has 0 fully saturated rings. The van der Waals surface area contributed by atoms with Crippen LogP contribution < -0.4 is 4.74 Å². The average molecular weight is 175 g/mol. The molecule has 3 heteroatoms. The molecule has 0 saturated heterocycles. The Labute approximate surface area is 68.5 Å². The summed E-state index contributed by atoms with van der Waals surface area (Å²) < 4.78 is 5.05. The molecule has 0 amide bonds. The van der Waals surface area contributed by atoms with Crippen LogP contribution in [0.15, 0.2) is 18.2 Å². The minimum Gasteiger partial charge on any atom is -0.470 e. The maximum Gasteiger partial charge on any atom is 0.202 e. The Kier molecular flexibility index (Phi) is 1.29. The van der Waals surface area contributed by atoms with Crippen LogP contribution in [0.3, 0.4) is 0 Å². The Morgan fingerprint density at radius 2 is 2.20 bits per heavy atom. The first-order chi connectivity index (χ1) is 4.79. The number of rotatable bonds is 0. The second kappa shape index (κ2) is 2.04. The highest BCUT2D eigenvalue weighted by molar-refractivity contribution is 6.33. The van der Waals surface area contributed by atoms with Gasteiger partial charge in [0.2, 0.25) is 5.56 Å². The largest absolute Gasteiger partial charge is 0.470 e. The summed E-state index contributed by atoms with van der Waals surface area (Å²) in [7, 11) is 0. The van der Waals surface area contributed by atoms with E-state index in [-0.39, 0.29) is 5.56 Å². The average Bonchev–Trinajstić information content (AvgIpc) is 1.85. The molecule has 52 valence electrons. The van der Waals surface area contributed by atoms with Crippen molar-refractivity contribution in [2.45, 2.75) is 5.56 Å². The van der Waals surface area contributed by atoms with Gasteiger partial charge in [-0.25, -0.2) is 0 Å². The van der Waals surface area contributed by atoms with Gasteiger partial charge in [0.05, 0.1) is 10.6 Å². The Bertz CT molecular complexity index is 258. The topological polar surface area (TPSA) is 9.23 Å². The van der Waals surface area contributed by atoms with Gasteiger partial charge >= 0.3 is 0 Å². The van der Waals surface area contributed by atoms with E-state index in [2.05, 4.69) is 0 Å². The highest BCUT2D eigenvalue weighted by Crippen LogP contribution is 2.45. The van der Waals surface area contributed by atoms with Crippen LogP contribution in [0.5, 0.6) is 5.75 Å². The summed E-state index contributed by atoms with van der Waals surface area (Å²) in [6.45, 7) is 0. The van der Waals surface area contributed by atoms with E-state index in [1.54, 1.807) is 6.07 Å². The van der Waals surface area contributed by atoms with Crippen LogP contribution in [0.25, 0.3) is 0 Å². The van der Waals surface area contributed by atoms with Crippen LogP contribution in [0.4, 0.5) is 0 Å². The molecule has 2 rings (SSSR count). The molecule has 0 spiro atoms. The SMILES string of the molecule is Clc1cccc2c1C(Cl)O2. The molecule has 0 radical (unpaired) electrons. The predicted octanol–water partition coefficient (Wildman–Crippen LogP) is 2.97. The normalized spacial score (nSPS) is 20.8. The lowest BCUT2D eigenvalue weighted by atomic mass is 10.1. The number of hydrogen-bond acceptors (Lipinski definition) is 1. The first-order valence-electron chi connectivity index (χ1n) is 2.88.